The van der Waals surface area contributed by atoms with Crippen molar-refractivity contribution in [1.29, 1.82) is 0 Å². The number of hydrogen-bond acceptors (Lipinski definition) is 3. The number of ketones is 1. The summed E-state index contributed by atoms with van der Waals surface area (Å²) in [4.78, 5) is 11.6. The van der Waals surface area contributed by atoms with Gasteiger partial charge in [-0.25, -0.2) is 0 Å². The van der Waals surface area contributed by atoms with Gasteiger partial charge in [-0.2, -0.15) is 5.10 Å². The van der Waals surface area contributed by atoms with Crippen molar-refractivity contribution in [3.63, 3.8) is 0 Å². The monoisotopic (exact) mass is 216 g/mol. The Labute approximate surface area is 87.5 Å². The van der Waals surface area contributed by atoms with E-state index in [0.29, 0.717) is 6.42 Å². The largest absolute Gasteiger partial charge is 0.385 e. The first-order chi connectivity index (χ1) is 6.57. The standard InChI is InChI=1S/C9H13ClN2O2/c1-3-4-7(13)9(14)8-6(10)5-11-12(8)2/h5,7,13H,3-4H2,1-2H3. The van der Waals surface area contributed by atoms with Crippen LogP contribution in [-0.4, -0.2) is 26.8 Å². The predicted octanol–water partition coefficient (Wildman–Crippen LogP) is 1.42. The molecule has 78 valence electrons. The van der Waals surface area contributed by atoms with E-state index in [9.17, 15) is 9.90 Å². The SMILES string of the molecule is CCCC(O)C(=O)c1c(Cl)cnn1C. The third-order valence-corrected chi connectivity index (χ3v) is 2.27. The summed E-state index contributed by atoms with van der Waals surface area (Å²) >= 11 is 5.77. The fourth-order valence-electron chi connectivity index (χ4n) is 1.25. The van der Waals surface area contributed by atoms with Crippen LogP contribution in [0.5, 0.6) is 0 Å². The van der Waals surface area contributed by atoms with Gasteiger partial charge in [0.1, 0.15) is 11.8 Å². The predicted molar refractivity (Wildman–Crippen MR) is 53.5 cm³/mol. The van der Waals surface area contributed by atoms with Crippen molar-refractivity contribution in [3.8, 4) is 0 Å². The second-order valence-electron chi connectivity index (χ2n) is 3.13. The molecule has 5 heteroatoms. The zero-order valence-electron chi connectivity index (χ0n) is 8.20. The molecule has 0 aromatic carbocycles. The van der Waals surface area contributed by atoms with Gasteiger partial charge in [0.15, 0.2) is 0 Å². The number of hydrogen-bond donors (Lipinski definition) is 1. The molecule has 1 unspecified atom stereocenters. The van der Waals surface area contributed by atoms with E-state index < -0.39 is 6.10 Å². The lowest BCUT2D eigenvalue weighted by molar-refractivity contribution is 0.0719. The molecule has 0 aliphatic heterocycles. The van der Waals surface area contributed by atoms with Crippen LogP contribution < -0.4 is 0 Å². The molecule has 0 spiro atoms. The van der Waals surface area contributed by atoms with Crippen LogP contribution in [0.15, 0.2) is 6.20 Å². The van der Waals surface area contributed by atoms with Gasteiger partial charge >= 0.3 is 0 Å². The summed E-state index contributed by atoms with van der Waals surface area (Å²) in [6.45, 7) is 1.90. The lowest BCUT2D eigenvalue weighted by Gasteiger charge is -2.08. The second-order valence-corrected chi connectivity index (χ2v) is 3.54. The van der Waals surface area contributed by atoms with E-state index in [0.717, 1.165) is 6.42 Å². The molecule has 1 N–H and O–H groups in total. The van der Waals surface area contributed by atoms with Crippen molar-refractivity contribution in [2.45, 2.75) is 25.9 Å². The molecule has 0 amide bonds. The average molecular weight is 217 g/mol. The highest BCUT2D eigenvalue weighted by atomic mass is 35.5. The number of halogens is 1. The van der Waals surface area contributed by atoms with Crippen molar-refractivity contribution in [3.05, 3.63) is 16.9 Å². The van der Waals surface area contributed by atoms with Crippen molar-refractivity contribution in [2.24, 2.45) is 7.05 Å². The van der Waals surface area contributed by atoms with E-state index in [1.54, 1.807) is 7.05 Å². The number of aliphatic hydroxyl groups excluding tert-OH is 1. The number of aromatic nitrogens is 2. The minimum atomic E-state index is -0.979. The first-order valence-electron chi connectivity index (χ1n) is 4.47. The summed E-state index contributed by atoms with van der Waals surface area (Å²) in [5, 5.41) is 13.6. The van der Waals surface area contributed by atoms with Crippen molar-refractivity contribution >= 4 is 17.4 Å². The lowest BCUT2D eigenvalue weighted by atomic mass is 10.1. The maximum atomic E-state index is 11.6. The number of aliphatic hydroxyl groups is 1. The van der Waals surface area contributed by atoms with Gasteiger partial charge in [-0.3, -0.25) is 9.48 Å². The molecule has 0 fully saturated rings. The van der Waals surface area contributed by atoms with Gasteiger partial charge < -0.3 is 5.11 Å². The third-order valence-electron chi connectivity index (χ3n) is 1.99. The molecule has 1 atom stereocenters. The second kappa shape index (κ2) is 4.57. The van der Waals surface area contributed by atoms with E-state index >= 15 is 0 Å². The zero-order valence-corrected chi connectivity index (χ0v) is 8.95. The van der Waals surface area contributed by atoms with Gasteiger partial charge in [-0.05, 0) is 6.42 Å². The van der Waals surface area contributed by atoms with E-state index in [1.807, 2.05) is 6.92 Å². The van der Waals surface area contributed by atoms with Crippen LogP contribution in [0.4, 0.5) is 0 Å². The number of aryl methyl sites for hydroxylation is 1. The Morgan fingerprint density at radius 1 is 1.79 bits per heavy atom. The molecule has 1 aromatic rings. The molecule has 1 heterocycles. The van der Waals surface area contributed by atoms with Gasteiger partial charge in [0, 0.05) is 7.05 Å². The van der Waals surface area contributed by atoms with Crippen LogP contribution in [0, 0.1) is 0 Å². The Morgan fingerprint density at radius 3 is 2.86 bits per heavy atom. The molecule has 4 nitrogen and oxygen atoms in total. The van der Waals surface area contributed by atoms with Gasteiger partial charge in [0.2, 0.25) is 5.78 Å². The average Bonchev–Trinajstić information content (AvgIpc) is 2.46. The smallest absolute Gasteiger partial charge is 0.210 e. The maximum Gasteiger partial charge on any atom is 0.210 e. The topological polar surface area (TPSA) is 55.1 Å². The maximum absolute atomic E-state index is 11.6. The normalized spacial score (nSPS) is 12.9. The summed E-state index contributed by atoms with van der Waals surface area (Å²) in [6.07, 6.45) is 1.61. The summed E-state index contributed by atoms with van der Waals surface area (Å²) in [5.41, 5.74) is 0.271. The van der Waals surface area contributed by atoms with Gasteiger partial charge in [0.05, 0.1) is 11.2 Å². The minimum absolute atomic E-state index is 0.271. The molecule has 14 heavy (non-hydrogen) atoms. The fraction of sp³-hybridized carbons (Fsp3) is 0.556. The molecule has 0 saturated carbocycles. The van der Waals surface area contributed by atoms with Crippen LogP contribution in [0.2, 0.25) is 5.02 Å². The van der Waals surface area contributed by atoms with Crippen molar-refractivity contribution < 1.29 is 9.90 Å². The van der Waals surface area contributed by atoms with Crippen LogP contribution >= 0.6 is 11.6 Å². The van der Waals surface area contributed by atoms with Crippen LogP contribution in [0.1, 0.15) is 30.3 Å². The first kappa shape index (κ1) is 11.2. The lowest BCUT2D eigenvalue weighted by Crippen LogP contribution is -2.23. The Hall–Kier alpha value is -0.870. The van der Waals surface area contributed by atoms with E-state index in [1.165, 1.54) is 10.9 Å². The summed E-state index contributed by atoms with van der Waals surface area (Å²) in [6, 6.07) is 0. The zero-order chi connectivity index (χ0) is 10.7. The fourth-order valence-corrected chi connectivity index (χ4v) is 1.51. The molecular weight excluding hydrogens is 204 g/mol. The van der Waals surface area contributed by atoms with Gasteiger partial charge in [0.25, 0.3) is 0 Å². The van der Waals surface area contributed by atoms with Crippen LogP contribution in [-0.2, 0) is 7.05 Å². The number of carbonyl (C=O) groups excluding carboxylic acids is 1. The van der Waals surface area contributed by atoms with Gasteiger partial charge in [-0.15, -0.1) is 0 Å². The molecule has 1 rings (SSSR count). The van der Waals surface area contributed by atoms with Gasteiger partial charge in [-0.1, -0.05) is 24.9 Å². The highest BCUT2D eigenvalue weighted by molar-refractivity contribution is 6.33. The molecule has 0 radical (unpaired) electrons. The number of carbonyl (C=O) groups is 1. The molecular formula is C9H13ClN2O2. The highest BCUT2D eigenvalue weighted by Crippen LogP contribution is 2.17. The van der Waals surface area contributed by atoms with E-state index in [-0.39, 0.29) is 16.5 Å². The Kier molecular flexibility index (Phi) is 3.66. The Balaban J connectivity index is 2.88. The molecule has 1 aromatic heterocycles. The summed E-state index contributed by atoms with van der Waals surface area (Å²) in [7, 11) is 1.62. The number of nitrogens with zero attached hydrogens (tertiary/aromatic N) is 2. The quantitative estimate of drug-likeness (QED) is 0.775. The number of rotatable bonds is 4. The minimum Gasteiger partial charge on any atom is -0.385 e. The van der Waals surface area contributed by atoms with Crippen molar-refractivity contribution in [2.75, 3.05) is 0 Å². The molecule has 0 aliphatic rings. The Bertz CT molecular complexity index is 316. The molecule has 0 aliphatic carbocycles. The van der Waals surface area contributed by atoms with E-state index in [4.69, 9.17) is 11.6 Å². The highest BCUT2D eigenvalue weighted by Gasteiger charge is 2.22. The third kappa shape index (κ3) is 2.13. The van der Waals surface area contributed by atoms with Crippen LogP contribution in [0.25, 0.3) is 0 Å². The Morgan fingerprint density at radius 2 is 2.43 bits per heavy atom. The van der Waals surface area contributed by atoms with Crippen molar-refractivity contribution in [1.82, 2.24) is 9.78 Å². The summed E-state index contributed by atoms with van der Waals surface area (Å²) < 4.78 is 1.38. The number of Topliss-reactive ketones (excluding diaryl/α,β-unsaturated/α-hetero) is 1. The first-order valence-corrected chi connectivity index (χ1v) is 4.85. The van der Waals surface area contributed by atoms with Crippen LogP contribution in [0.3, 0.4) is 0 Å². The molecule has 0 bridgehead atoms. The summed E-state index contributed by atoms with van der Waals surface area (Å²) in [5.74, 6) is -0.364. The van der Waals surface area contributed by atoms with E-state index in [2.05, 4.69) is 5.10 Å². The molecule has 0 saturated heterocycles.